The van der Waals surface area contributed by atoms with Gasteiger partial charge in [0.25, 0.3) is 5.92 Å². The lowest BCUT2D eigenvalue weighted by Gasteiger charge is -2.28. The molecule has 2 N–H and O–H groups in total. The Morgan fingerprint density at radius 1 is 1.50 bits per heavy atom. The first-order chi connectivity index (χ1) is 8.52. The summed E-state index contributed by atoms with van der Waals surface area (Å²) in [6, 6.07) is 5.35. The van der Waals surface area contributed by atoms with Crippen molar-refractivity contribution in [2.24, 2.45) is 0 Å². The van der Waals surface area contributed by atoms with Crippen LogP contribution in [0.15, 0.2) is 22.7 Å². The molecule has 6 heteroatoms. The minimum atomic E-state index is -3.09. The number of halogens is 3. The molecule has 1 aliphatic heterocycles. The zero-order chi connectivity index (χ0) is 13.2. The number of aliphatic hydroxyl groups excluding tert-OH is 1. The summed E-state index contributed by atoms with van der Waals surface area (Å²) in [5, 5.41) is 11.3. The van der Waals surface area contributed by atoms with Gasteiger partial charge in [0.1, 0.15) is 12.4 Å². The lowest BCUT2D eigenvalue weighted by molar-refractivity contribution is -0.0500. The molecule has 0 spiro atoms. The topological polar surface area (TPSA) is 41.5 Å². The maximum absolute atomic E-state index is 13.0. The first kappa shape index (κ1) is 13.7. The van der Waals surface area contributed by atoms with Crippen molar-refractivity contribution in [3.8, 4) is 5.75 Å². The summed E-state index contributed by atoms with van der Waals surface area (Å²) in [6.07, 6.45) is 0.630. The van der Waals surface area contributed by atoms with Crippen LogP contribution in [0.2, 0.25) is 0 Å². The Hall–Kier alpha value is -0.720. The van der Waals surface area contributed by atoms with Crippen LogP contribution in [-0.4, -0.2) is 30.8 Å². The molecule has 1 aromatic rings. The second kappa shape index (κ2) is 5.50. The lowest BCUT2D eigenvalue weighted by atomic mass is 10.0. The van der Waals surface area contributed by atoms with E-state index in [1.165, 1.54) is 0 Å². The van der Waals surface area contributed by atoms with Gasteiger partial charge in [0.15, 0.2) is 0 Å². The van der Waals surface area contributed by atoms with E-state index < -0.39 is 19.1 Å². The molecule has 2 rings (SSSR count). The molecule has 0 aromatic heterocycles. The predicted octanol–water partition coefficient (Wildman–Crippen LogP) is 2.49. The highest BCUT2D eigenvalue weighted by Gasteiger charge is 2.30. The van der Waals surface area contributed by atoms with Crippen molar-refractivity contribution in [2.75, 3.05) is 19.8 Å². The Morgan fingerprint density at radius 2 is 2.28 bits per heavy atom. The first-order valence-electron chi connectivity index (χ1n) is 5.66. The molecule has 0 fully saturated rings. The fourth-order valence-electron chi connectivity index (χ4n) is 1.91. The van der Waals surface area contributed by atoms with Gasteiger partial charge >= 0.3 is 0 Å². The highest BCUT2D eigenvalue weighted by atomic mass is 79.9. The third-order valence-electron chi connectivity index (χ3n) is 2.85. The second-order valence-electron chi connectivity index (χ2n) is 4.27. The zero-order valence-electron chi connectivity index (χ0n) is 9.63. The Kier molecular flexibility index (Phi) is 4.19. The van der Waals surface area contributed by atoms with Crippen molar-refractivity contribution in [2.45, 2.75) is 18.4 Å². The van der Waals surface area contributed by atoms with E-state index in [1.54, 1.807) is 0 Å². The highest BCUT2D eigenvalue weighted by Crippen LogP contribution is 2.34. The second-order valence-corrected chi connectivity index (χ2v) is 5.18. The average Bonchev–Trinajstić information content (AvgIpc) is 2.36. The van der Waals surface area contributed by atoms with Gasteiger partial charge in [0.2, 0.25) is 0 Å². The van der Waals surface area contributed by atoms with Crippen LogP contribution in [0.5, 0.6) is 5.75 Å². The van der Waals surface area contributed by atoms with Gasteiger partial charge in [-0.2, -0.15) is 0 Å². The molecule has 0 aliphatic carbocycles. The minimum absolute atomic E-state index is 0.177. The summed E-state index contributed by atoms with van der Waals surface area (Å²) in [4.78, 5) is 0. The third-order valence-corrected chi connectivity index (χ3v) is 3.34. The molecule has 1 unspecified atom stereocenters. The zero-order valence-corrected chi connectivity index (χ0v) is 11.2. The van der Waals surface area contributed by atoms with Crippen molar-refractivity contribution < 1.29 is 18.6 Å². The van der Waals surface area contributed by atoms with Crippen LogP contribution in [0.1, 0.15) is 18.0 Å². The number of aliphatic hydroxyl groups is 1. The maximum atomic E-state index is 13.0. The van der Waals surface area contributed by atoms with Gasteiger partial charge in [-0.3, -0.25) is 0 Å². The van der Waals surface area contributed by atoms with E-state index in [4.69, 9.17) is 9.84 Å². The predicted molar refractivity (Wildman–Crippen MR) is 67.0 cm³/mol. The lowest BCUT2D eigenvalue weighted by Crippen LogP contribution is -2.39. The maximum Gasteiger partial charge on any atom is 0.282 e. The number of benzene rings is 1. The van der Waals surface area contributed by atoms with Gasteiger partial charge in [0.05, 0.1) is 13.2 Å². The fourth-order valence-corrected chi connectivity index (χ4v) is 2.28. The van der Waals surface area contributed by atoms with E-state index in [0.29, 0.717) is 18.8 Å². The van der Waals surface area contributed by atoms with E-state index >= 15 is 0 Å². The van der Waals surface area contributed by atoms with Crippen molar-refractivity contribution in [3.63, 3.8) is 0 Å². The number of hydrogen-bond donors (Lipinski definition) is 2. The largest absolute Gasteiger partial charge is 0.493 e. The molecule has 3 nitrogen and oxygen atoms in total. The van der Waals surface area contributed by atoms with Crippen molar-refractivity contribution in [1.29, 1.82) is 0 Å². The van der Waals surface area contributed by atoms with Gasteiger partial charge in [-0.15, -0.1) is 0 Å². The third kappa shape index (κ3) is 3.18. The fraction of sp³-hybridized carbons (Fsp3) is 0.500. The van der Waals surface area contributed by atoms with E-state index in [2.05, 4.69) is 21.2 Å². The molecule has 1 aliphatic rings. The summed E-state index contributed by atoms with van der Waals surface area (Å²) in [7, 11) is 0. The van der Waals surface area contributed by atoms with E-state index in [0.717, 1.165) is 10.0 Å². The van der Waals surface area contributed by atoms with E-state index in [9.17, 15) is 8.78 Å². The number of rotatable bonds is 4. The molecule has 0 radical (unpaired) electrons. The highest BCUT2D eigenvalue weighted by molar-refractivity contribution is 9.10. The van der Waals surface area contributed by atoms with Gasteiger partial charge in [0, 0.05) is 22.5 Å². The van der Waals surface area contributed by atoms with Gasteiger partial charge in [-0.05, 0) is 18.2 Å². The van der Waals surface area contributed by atoms with Crippen LogP contribution < -0.4 is 10.1 Å². The molecule has 0 bridgehead atoms. The number of nitrogens with one attached hydrogen (secondary N) is 1. The normalized spacial score (nSPS) is 19.2. The Morgan fingerprint density at radius 3 is 3.00 bits per heavy atom. The molecule has 100 valence electrons. The molecule has 0 amide bonds. The smallest absolute Gasteiger partial charge is 0.282 e. The van der Waals surface area contributed by atoms with Crippen molar-refractivity contribution in [1.82, 2.24) is 5.32 Å². The molecule has 0 saturated carbocycles. The van der Waals surface area contributed by atoms with Crippen LogP contribution >= 0.6 is 15.9 Å². The molecule has 1 atom stereocenters. The molecular formula is C12H14BrF2NO2. The Balaban J connectivity index is 2.10. The van der Waals surface area contributed by atoms with Crippen LogP contribution in [-0.2, 0) is 0 Å². The number of alkyl halides is 2. The summed E-state index contributed by atoms with van der Waals surface area (Å²) in [5.41, 5.74) is 0.865. The van der Waals surface area contributed by atoms with Crippen LogP contribution in [0.3, 0.4) is 0 Å². The Labute approximate surface area is 112 Å². The van der Waals surface area contributed by atoms with Gasteiger partial charge < -0.3 is 15.2 Å². The number of ether oxygens (including phenoxy) is 1. The Bertz CT molecular complexity index is 429. The monoisotopic (exact) mass is 321 g/mol. The average molecular weight is 322 g/mol. The standard InChI is InChI=1S/C12H14BrF2NO2/c13-8-1-2-11-9(5-8)10(3-4-18-11)16-6-12(14,15)7-17/h1-2,5,10,16-17H,3-4,6-7H2. The van der Waals surface area contributed by atoms with Gasteiger partial charge in [-0.1, -0.05) is 15.9 Å². The summed E-state index contributed by atoms with van der Waals surface area (Å²) < 4.78 is 32.4. The van der Waals surface area contributed by atoms with E-state index in [1.807, 2.05) is 18.2 Å². The SMILES string of the molecule is OCC(F)(F)CNC1CCOc2ccc(Br)cc21. The van der Waals surface area contributed by atoms with Crippen molar-refractivity contribution >= 4 is 15.9 Å². The molecule has 18 heavy (non-hydrogen) atoms. The summed E-state index contributed by atoms with van der Waals surface area (Å²) >= 11 is 3.35. The quantitative estimate of drug-likeness (QED) is 0.895. The molecule has 1 aromatic carbocycles. The van der Waals surface area contributed by atoms with Gasteiger partial charge in [-0.25, -0.2) is 8.78 Å². The molecule has 0 saturated heterocycles. The van der Waals surface area contributed by atoms with Crippen LogP contribution in [0.4, 0.5) is 8.78 Å². The van der Waals surface area contributed by atoms with Crippen molar-refractivity contribution in [3.05, 3.63) is 28.2 Å². The summed E-state index contributed by atoms with van der Waals surface area (Å²) in [6.45, 7) is -1.19. The number of fused-ring (bicyclic) bond motifs is 1. The van der Waals surface area contributed by atoms with E-state index in [-0.39, 0.29) is 6.04 Å². The van der Waals surface area contributed by atoms with Crippen LogP contribution in [0.25, 0.3) is 0 Å². The first-order valence-corrected chi connectivity index (χ1v) is 6.45. The van der Waals surface area contributed by atoms with Crippen LogP contribution in [0, 0.1) is 0 Å². The molecular weight excluding hydrogens is 308 g/mol. The summed E-state index contributed by atoms with van der Waals surface area (Å²) in [5.74, 6) is -2.38. The number of hydrogen-bond acceptors (Lipinski definition) is 3. The minimum Gasteiger partial charge on any atom is -0.493 e. The molecule has 1 heterocycles.